The number of fused-ring (bicyclic) bond motifs is 1. The number of nitrogens with one attached hydrogen (secondary N) is 3. The Morgan fingerprint density at radius 3 is 2.63 bits per heavy atom. The van der Waals surface area contributed by atoms with Gasteiger partial charge in [0.1, 0.15) is 11.8 Å². The molecule has 5 atom stereocenters. The highest BCUT2D eigenvalue weighted by atomic mass is 19.3. The number of hydrazine groups is 1. The Morgan fingerprint density at radius 1 is 1.30 bits per heavy atom. The number of carbonyl (C=O) groups is 1. The largest absolute Gasteiger partial charge is 0.435 e. The van der Waals surface area contributed by atoms with Crippen LogP contribution in [0.4, 0.5) is 8.78 Å². The number of hydrogen-bond acceptors (Lipinski definition) is 6. The second-order valence-corrected chi connectivity index (χ2v) is 6.97. The minimum atomic E-state index is -2.89. The Morgan fingerprint density at radius 2 is 2.00 bits per heavy atom. The number of ether oxygens (including phenoxy) is 1. The number of alkyl halides is 2. The Hall–Kier alpha value is -2.33. The van der Waals surface area contributed by atoms with Crippen molar-refractivity contribution in [1.29, 1.82) is 0 Å². The Labute approximate surface area is 154 Å². The molecule has 5 unspecified atom stereocenters. The van der Waals surface area contributed by atoms with Crippen molar-refractivity contribution < 1.29 is 23.2 Å². The highest BCUT2D eigenvalue weighted by Gasteiger charge is 2.46. The zero-order valence-corrected chi connectivity index (χ0v) is 14.7. The molecule has 1 aromatic rings. The van der Waals surface area contributed by atoms with Gasteiger partial charge in [0.05, 0.1) is 6.04 Å². The maximum Gasteiger partial charge on any atom is 0.387 e. The molecule has 2 aliphatic rings. The van der Waals surface area contributed by atoms with Crippen LogP contribution in [-0.2, 0) is 4.79 Å². The molecule has 3 rings (SSSR count). The number of hydrogen-bond donors (Lipinski definition) is 3. The summed E-state index contributed by atoms with van der Waals surface area (Å²) in [5.74, 6) is -0.354. The molecular formula is C17H22F2N4O4. The van der Waals surface area contributed by atoms with Crippen LogP contribution in [0.3, 0.4) is 0 Å². The minimum absolute atomic E-state index is 0.0398. The molecule has 1 amide bonds. The van der Waals surface area contributed by atoms with Gasteiger partial charge in [-0.1, -0.05) is 12.1 Å². The molecule has 8 nitrogen and oxygen atoms in total. The quantitative estimate of drug-likeness (QED) is 0.510. The zero-order chi connectivity index (χ0) is 19.6. The third-order valence-corrected chi connectivity index (χ3v) is 5.27. The van der Waals surface area contributed by atoms with Crippen LogP contribution >= 0.6 is 0 Å². The van der Waals surface area contributed by atoms with Gasteiger partial charge < -0.3 is 10.1 Å². The number of nitrogens with zero attached hydrogens (tertiary/aromatic N) is 1. The molecule has 2 fully saturated rings. The summed E-state index contributed by atoms with van der Waals surface area (Å²) >= 11 is 0. The summed E-state index contributed by atoms with van der Waals surface area (Å²) < 4.78 is 28.7. The minimum Gasteiger partial charge on any atom is -0.435 e. The summed E-state index contributed by atoms with van der Waals surface area (Å²) in [6.45, 7) is -1.11. The van der Waals surface area contributed by atoms with Crippen molar-refractivity contribution in [2.75, 3.05) is 0 Å². The molecule has 0 bridgehead atoms. The van der Waals surface area contributed by atoms with Gasteiger partial charge in [0.2, 0.25) is 11.9 Å². The average Bonchev–Trinajstić information content (AvgIpc) is 3.05. The lowest BCUT2D eigenvalue weighted by Gasteiger charge is -2.29. The zero-order valence-electron chi connectivity index (χ0n) is 14.7. The van der Waals surface area contributed by atoms with Crippen molar-refractivity contribution in [3.8, 4) is 5.75 Å². The molecule has 1 aliphatic heterocycles. The molecule has 27 heavy (non-hydrogen) atoms. The lowest BCUT2D eigenvalue weighted by Crippen LogP contribution is -2.47. The van der Waals surface area contributed by atoms with E-state index in [-0.39, 0.29) is 34.6 Å². The van der Waals surface area contributed by atoms with Crippen molar-refractivity contribution in [3.63, 3.8) is 0 Å². The van der Waals surface area contributed by atoms with Crippen molar-refractivity contribution in [3.05, 3.63) is 39.9 Å². The van der Waals surface area contributed by atoms with Crippen LogP contribution in [0.2, 0.25) is 0 Å². The number of nitro groups is 1. The smallest absolute Gasteiger partial charge is 0.387 e. The number of carbonyl (C=O) groups excluding carboxylic acids is 1. The van der Waals surface area contributed by atoms with Crippen LogP contribution in [0.5, 0.6) is 5.75 Å². The maximum atomic E-state index is 12.7. The molecule has 1 saturated heterocycles. The van der Waals surface area contributed by atoms with E-state index in [1.54, 1.807) is 19.1 Å². The lowest BCUT2D eigenvalue weighted by atomic mass is 9.79. The van der Waals surface area contributed by atoms with Gasteiger partial charge in [-0.05, 0) is 31.0 Å². The van der Waals surface area contributed by atoms with E-state index >= 15 is 0 Å². The first kappa shape index (κ1) is 19.4. The van der Waals surface area contributed by atoms with Gasteiger partial charge in [0.25, 0.3) is 0 Å². The SMILES string of the molecule is CC(NC(=O)C1NNC2CCC([N+](=O)[O-])CC21)c1ccc(OC(F)F)cc1. The van der Waals surface area contributed by atoms with E-state index in [1.807, 2.05) is 0 Å². The van der Waals surface area contributed by atoms with Crippen molar-refractivity contribution >= 4 is 5.91 Å². The molecular weight excluding hydrogens is 362 g/mol. The molecule has 0 aromatic heterocycles. The van der Waals surface area contributed by atoms with Gasteiger partial charge in [0.15, 0.2) is 0 Å². The number of amides is 1. The molecule has 1 saturated carbocycles. The predicted octanol–water partition coefficient (Wildman–Crippen LogP) is 1.76. The Bertz CT molecular complexity index is 688. The van der Waals surface area contributed by atoms with E-state index < -0.39 is 18.7 Å². The van der Waals surface area contributed by atoms with Crippen LogP contribution in [0.1, 0.15) is 37.8 Å². The van der Waals surface area contributed by atoms with Crippen LogP contribution in [0, 0.1) is 16.0 Å². The third-order valence-electron chi connectivity index (χ3n) is 5.27. The van der Waals surface area contributed by atoms with E-state index in [9.17, 15) is 23.7 Å². The van der Waals surface area contributed by atoms with Crippen molar-refractivity contribution in [2.24, 2.45) is 5.92 Å². The Kier molecular flexibility index (Phi) is 5.85. The highest BCUT2D eigenvalue weighted by molar-refractivity contribution is 5.83. The van der Waals surface area contributed by atoms with E-state index in [1.165, 1.54) is 12.1 Å². The molecule has 0 radical (unpaired) electrons. The first-order valence-corrected chi connectivity index (χ1v) is 8.85. The van der Waals surface area contributed by atoms with E-state index in [4.69, 9.17) is 0 Å². The fourth-order valence-electron chi connectivity index (χ4n) is 3.81. The molecule has 0 spiro atoms. The van der Waals surface area contributed by atoms with Crippen LogP contribution in [0.25, 0.3) is 0 Å². The van der Waals surface area contributed by atoms with Crippen LogP contribution in [-0.4, -0.2) is 35.6 Å². The molecule has 148 valence electrons. The maximum absolute atomic E-state index is 12.7. The van der Waals surface area contributed by atoms with Crippen LogP contribution < -0.4 is 20.9 Å². The molecule has 1 aliphatic carbocycles. The summed E-state index contributed by atoms with van der Waals surface area (Å²) in [6.07, 6.45) is 1.50. The summed E-state index contributed by atoms with van der Waals surface area (Å²) in [6, 6.07) is 4.55. The van der Waals surface area contributed by atoms with Gasteiger partial charge >= 0.3 is 6.61 Å². The Balaban J connectivity index is 1.60. The normalized spacial score (nSPS) is 28.4. The second-order valence-electron chi connectivity index (χ2n) is 6.97. The van der Waals surface area contributed by atoms with Gasteiger partial charge in [-0.3, -0.25) is 20.3 Å². The summed E-state index contributed by atoms with van der Waals surface area (Å²) in [7, 11) is 0. The highest BCUT2D eigenvalue weighted by Crippen LogP contribution is 2.32. The van der Waals surface area contributed by atoms with Crippen LogP contribution in [0.15, 0.2) is 24.3 Å². The average molecular weight is 384 g/mol. The van der Waals surface area contributed by atoms with Gasteiger partial charge in [-0.25, -0.2) is 5.43 Å². The van der Waals surface area contributed by atoms with E-state index in [0.717, 1.165) is 5.56 Å². The number of benzene rings is 1. The van der Waals surface area contributed by atoms with Gasteiger partial charge in [-0.15, -0.1) is 0 Å². The fraction of sp³-hybridized carbons (Fsp3) is 0.588. The molecule has 10 heteroatoms. The van der Waals surface area contributed by atoms with Gasteiger partial charge in [-0.2, -0.15) is 8.78 Å². The van der Waals surface area contributed by atoms with Crippen molar-refractivity contribution in [2.45, 2.75) is 57.0 Å². The summed E-state index contributed by atoms with van der Waals surface area (Å²) in [5.41, 5.74) is 6.76. The lowest BCUT2D eigenvalue weighted by molar-refractivity contribution is -0.528. The second kappa shape index (κ2) is 8.13. The monoisotopic (exact) mass is 384 g/mol. The summed E-state index contributed by atoms with van der Waals surface area (Å²) in [5, 5.41) is 14.0. The first-order valence-electron chi connectivity index (χ1n) is 8.85. The molecule has 1 heterocycles. The fourth-order valence-corrected chi connectivity index (χ4v) is 3.81. The molecule has 3 N–H and O–H groups in total. The van der Waals surface area contributed by atoms with E-state index in [0.29, 0.717) is 19.3 Å². The number of halogens is 2. The van der Waals surface area contributed by atoms with Gasteiger partial charge in [0, 0.05) is 29.7 Å². The van der Waals surface area contributed by atoms with E-state index in [2.05, 4.69) is 20.9 Å². The molecule has 1 aromatic carbocycles. The van der Waals surface area contributed by atoms with Crippen molar-refractivity contribution in [1.82, 2.24) is 16.2 Å². The summed E-state index contributed by atoms with van der Waals surface area (Å²) in [4.78, 5) is 23.5. The number of rotatable bonds is 6. The topological polar surface area (TPSA) is 106 Å². The third kappa shape index (κ3) is 4.51. The standard InChI is InChI=1S/C17H22F2N4O4/c1-9(10-2-5-12(6-3-10)27-17(18)19)20-16(24)15-13-8-11(23(25)26)4-7-14(13)21-22-15/h2-3,5-6,9,11,13-15,17,21-22H,4,7-8H2,1H3,(H,20,24). The first-order chi connectivity index (χ1) is 12.8. The predicted molar refractivity (Wildman–Crippen MR) is 91.6 cm³/mol.